The average Bonchev–Trinajstić information content (AvgIpc) is 3.12. The summed E-state index contributed by atoms with van der Waals surface area (Å²) in [5.74, 6) is 0.437. The number of hydrogen-bond donors (Lipinski definition) is 0. The van der Waals surface area contributed by atoms with Crippen molar-refractivity contribution in [2.45, 2.75) is 13.5 Å². The molecule has 0 spiro atoms. The molecule has 33 heavy (non-hydrogen) atoms. The van der Waals surface area contributed by atoms with Crippen LogP contribution in [-0.4, -0.2) is 11.6 Å². The van der Waals surface area contributed by atoms with E-state index in [1.165, 1.54) is 10.4 Å². The standard InChI is InChI=1S/C28H21ClN2O2/c1-19-25(28(32)31(30-19)23-11-3-2-4-12-23)16-20-14-15-27(26(29)17-20)33-18-22-10-7-9-21-8-5-6-13-24(21)22/h2-17H,18H2,1H3/b25-16+. The molecule has 0 unspecified atom stereocenters. The summed E-state index contributed by atoms with van der Waals surface area (Å²) in [5.41, 5.74) is 3.85. The van der Waals surface area contributed by atoms with Crippen LogP contribution in [0.2, 0.25) is 5.02 Å². The topological polar surface area (TPSA) is 41.9 Å². The van der Waals surface area contributed by atoms with Crippen molar-refractivity contribution < 1.29 is 9.53 Å². The van der Waals surface area contributed by atoms with Crippen molar-refractivity contribution in [1.82, 2.24) is 0 Å². The molecule has 4 aromatic carbocycles. The summed E-state index contributed by atoms with van der Waals surface area (Å²) in [5, 5.41) is 8.67. The molecular weight excluding hydrogens is 432 g/mol. The normalized spacial score (nSPS) is 14.7. The molecule has 5 heteroatoms. The molecule has 0 aromatic heterocycles. The SMILES string of the molecule is CC1=NN(c2ccccc2)C(=O)/C1=C/c1ccc(OCc2cccc3ccccc23)c(Cl)c1. The Morgan fingerprint density at radius 1 is 0.939 bits per heavy atom. The van der Waals surface area contributed by atoms with E-state index < -0.39 is 0 Å². The summed E-state index contributed by atoms with van der Waals surface area (Å²) in [4.78, 5) is 12.9. The summed E-state index contributed by atoms with van der Waals surface area (Å²) in [6, 6.07) is 29.3. The molecule has 0 saturated carbocycles. The molecule has 0 aliphatic carbocycles. The Morgan fingerprint density at radius 2 is 1.70 bits per heavy atom. The van der Waals surface area contributed by atoms with Crippen molar-refractivity contribution in [3.63, 3.8) is 0 Å². The molecular formula is C28H21ClN2O2. The van der Waals surface area contributed by atoms with E-state index in [0.29, 0.717) is 28.7 Å². The lowest BCUT2D eigenvalue weighted by atomic mass is 10.1. The highest BCUT2D eigenvalue weighted by Crippen LogP contribution is 2.30. The fraction of sp³-hybridized carbons (Fsp3) is 0.0714. The van der Waals surface area contributed by atoms with Gasteiger partial charge in [0.2, 0.25) is 0 Å². The van der Waals surface area contributed by atoms with Crippen LogP contribution in [-0.2, 0) is 11.4 Å². The first-order valence-electron chi connectivity index (χ1n) is 10.7. The summed E-state index contributed by atoms with van der Waals surface area (Å²) >= 11 is 6.52. The number of anilines is 1. The molecule has 0 radical (unpaired) electrons. The number of carbonyl (C=O) groups excluding carboxylic acids is 1. The highest BCUT2D eigenvalue weighted by atomic mass is 35.5. The van der Waals surface area contributed by atoms with Crippen molar-refractivity contribution in [1.29, 1.82) is 0 Å². The number of rotatable bonds is 5. The Kier molecular flexibility index (Phi) is 5.68. The molecule has 1 aliphatic rings. The Hall–Kier alpha value is -3.89. The van der Waals surface area contributed by atoms with Crippen LogP contribution in [0.25, 0.3) is 16.8 Å². The molecule has 0 saturated heterocycles. The average molecular weight is 453 g/mol. The van der Waals surface area contributed by atoms with Gasteiger partial charge in [-0.05, 0) is 59.2 Å². The predicted octanol–water partition coefficient (Wildman–Crippen LogP) is 6.88. The van der Waals surface area contributed by atoms with Crippen LogP contribution in [0.5, 0.6) is 5.75 Å². The van der Waals surface area contributed by atoms with Gasteiger partial charge in [-0.25, -0.2) is 0 Å². The minimum Gasteiger partial charge on any atom is -0.487 e. The van der Waals surface area contributed by atoms with Crippen molar-refractivity contribution in [3.05, 3.63) is 113 Å². The maximum absolute atomic E-state index is 12.9. The number of nitrogens with zero attached hydrogens (tertiary/aromatic N) is 2. The maximum Gasteiger partial charge on any atom is 0.280 e. The Bertz CT molecular complexity index is 1400. The predicted molar refractivity (Wildman–Crippen MR) is 135 cm³/mol. The van der Waals surface area contributed by atoms with Crippen molar-refractivity contribution >= 4 is 45.8 Å². The molecule has 0 fully saturated rings. The summed E-state index contributed by atoms with van der Waals surface area (Å²) in [6.07, 6.45) is 1.81. The molecule has 1 aliphatic heterocycles. The van der Waals surface area contributed by atoms with E-state index in [-0.39, 0.29) is 5.91 Å². The van der Waals surface area contributed by atoms with Crippen LogP contribution in [0.1, 0.15) is 18.1 Å². The van der Waals surface area contributed by atoms with E-state index >= 15 is 0 Å². The quantitative estimate of drug-likeness (QED) is 0.310. The number of para-hydroxylation sites is 1. The first-order valence-corrected chi connectivity index (χ1v) is 11.0. The van der Waals surface area contributed by atoms with Gasteiger partial charge in [-0.1, -0.05) is 78.3 Å². The first kappa shape index (κ1) is 21.0. The van der Waals surface area contributed by atoms with Crippen molar-refractivity contribution in [2.24, 2.45) is 5.10 Å². The zero-order valence-electron chi connectivity index (χ0n) is 18.0. The van der Waals surface area contributed by atoms with Gasteiger partial charge in [-0.2, -0.15) is 10.1 Å². The van der Waals surface area contributed by atoms with Crippen molar-refractivity contribution in [3.8, 4) is 5.75 Å². The number of benzene rings is 4. The second kappa shape index (κ2) is 8.93. The fourth-order valence-electron chi connectivity index (χ4n) is 3.89. The molecule has 1 amide bonds. The van der Waals surface area contributed by atoms with Gasteiger partial charge in [-0.15, -0.1) is 0 Å². The molecule has 162 valence electrons. The number of hydrogen-bond acceptors (Lipinski definition) is 3. The molecule has 0 atom stereocenters. The minimum atomic E-state index is -0.161. The molecule has 1 heterocycles. The Labute approximate surface area is 197 Å². The van der Waals surface area contributed by atoms with E-state index in [1.807, 2.05) is 73.7 Å². The third kappa shape index (κ3) is 4.26. The molecule has 4 aromatic rings. The Morgan fingerprint density at radius 3 is 2.52 bits per heavy atom. The van der Waals surface area contributed by atoms with E-state index in [0.717, 1.165) is 22.2 Å². The second-order valence-electron chi connectivity index (χ2n) is 7.81. The van der Waals surface area contributed by atoms with Crippen LogP contribution in [0.3, 0.4) is 0 Å². The summed E-state index contributed by atoms with van der Waals surface area (Å²) in [6.45, 7) is 2.24. The monoisotopic (exact) mass is 452 g/mol. The summed E-state index contributed by atoms with van der Waals surface area (Å²) < 4.78 is 6.02. The van der Waals surface area contributed by atoms with E-state index in [1.54, 1.807) is 6.07 Å². The zero-order chi connectivity index (χ0) is 22.8. The fourth-order valence-corrected chi connectivity index (χ4v) is 4.14. The smallest absolute Gasteiger partial charge is 0.280 e. The minimum absolute atomic E-state index is 0.161. The van der Waals surface area contributed by atoms with Gasteiger partial charge in [0.25, 0.3) is 5.91 Å². The van der Waals surface area contributed by atoms with Gasteiger partial charge in [0.05, 0.1) is 22.0 Å². The lowest BCUT2D eigenvalue weighted by Gasteiger charge is -2.12. The van der Waals surface area contributed by atoms with Crippen molar-refractivity contribution in [2.75, 3.05) is 5.01 Å². The lowest BCUT2D eigenvalue weighted by molar-refractivity contribution is -0.114. The molecule has 4 nitrogen and oxygen atoms in total. The summed E-state index contributed by atoms with van der Waals surface area (Å²) in [7, 11) is 0. The highest BCUT2D eigenvalue weighted by Gasteiger charge is 2.28. The molecule has 5 rings (SSSR count). The zero-order valence-corrected chi connectivity index (χ0v) is 18.8. The number of hydrazone groups is 1. The molecule has 0 N–H and O–H groups in total. The second-order valence-corrected chi connectivity index (χ2v) is 8.22. The number of ether oxygens (including phenoxy) is 1. The number of fused-ring (bicyclic) bond motifs is 1. The van der Waals surface area contributed by atoms with Gasteiger partial charge in [-0.3, -0.25) is 4.79 Å². The highest BCUT2D eigenvalue weighted by molar-refractivity contribution is 6.33. The number of halogens is 1. The first-order chi connectivity index (χ1) is 16.1. The van der Waals surface area contributed by atoms with Crippen LogP contribution < -0.4 is 9.75 Å². The van der Waals surface area contributed by atoms with Crippen LogP contribution >= 0.6 is 11.6 Å². The van der Waals surface area contributed by atoms with Gasteiger partial charge < -0.3 is 4.74 Å². The number of carbonyl (C=O) groups is 1. The maximum atomic E-state index is 12.9. The van der Waals surface area contributed by atoms with Gasteiger partial charge in [0.1, 0.15) is 12.4 Å². The van der Waals surface area contributed by atoms with Crippen LogP contribution in [0, 0.1) is 0 Å². The van der Waals surface area contributed by atoms with E-state index in [9.17, 15) is 4.79 Å². The van der Waals surface area contributed by atoms with Gasteiger partial charge >= 0.3 is 0 Å². The third-order valence-corrected chi connectivity index (χ3v) is 5.89. The van der Waals surface area contributed by atoms with Crippen LogP contribution in [0.4, 0.5) is 5.69 Å². The van der Waals surface area contributed by atoms with Gasteiger partial charge in [0.15, 0.2) is 0 Å². The largest absolute Gasteiger partial charge is 0.487 e. The van der Waals surface area contributed by atoms with Gasteiger partial charge in [0, 0.05) is 0 Å². The van der Waals surface area contributed by atoms with E-state index in [2.05, 4.69) is 29.4 Å². The lowest BCUT2D eigenvalue weighted by Crippen LogP contribution is -2.21. The molecule has 0 bridgehead atoms. The third-order valence-electron chi connectivity index (χ3n) is 5.59. The van der Waals surface area contributed by atoms with E-state index in [4.69, 9.17) is 16.3 Å². The Balaban J connectivity index is 1.34. The van der Waals surface area contributed by atoms with Crippen LogP contribution in [0.15, 0.2) is 102 Å². The number of amides is 1.